The van der Waals surface area contributed by atoms with Crippen molar-refractivity contribution in [2.75, 3.05) is 37.9 Å². The van der Waals surface area contributed by atoms with Crippen LogP contribution in [-0.2, 0) is 4.79 Å². The van der Waals surface area contributed by atoms with Crippen LogP contribution in [0, 0.1) is 5.82 Å². The van der Waals surface area contributed by atoms with Gasteiger partial charge in [-0.15, -0.1) is 11.8 Å². The van der Waals surface area contributed by atoms with Gasteiger partial charge in [0, 0.05) is 24.6 Å². The number of hydrogen-bond acceptors (Lipinski definition) is 6. The number of aliphatic imine (C=N–C) groups is 1. The first-order chi connectivity index (χ1) is 11.0. The van der Waals surface area contributed by atoms with Gasteiger partial charge in [0.05, 0.1) is 11.6 Å². The molecule has 1 aliphatic heterocycles. The van der Waals surface area contributed by atoms with Crippen molar-refractivity contribution in [1.82, 2.24) is 4.90 Å². The van der Waals surface area contributed by atoms with Gasteiger partial charge in [-0.25, -0.2) is 4.39 Å². The fraction of sp³-hybridized carbons (Fsp3) is 0.500. The van der Waals surface area contributed by atoms with Crippen LogP contribution in [0.5, 0.6) is 5.75 Å². The SMILES string of the molecule is CC=O.CSCCN(C)C[C@@H]1CSC(c2c(O)cccc2F)=N1. The number of hydrogen-bond donors (Lipinski definition) is 1. The quantitative estimate of drug-likeness (QED) is 0.793. The summed E-state index contributed by atoms with van der Waals surface area (Å²) >= 11 is 3.34. The predicted molar refractivity (Wildman–Crippen MR) is 98.5 cm³/mol. The summed E-state index contributed by atoms with van der Waals surface area (Å²) < 4.78 is 13.8. The second kappa shape index (κ2) is 10.7. The number of carbonyl (C=O) groups is 1. The van der Waals surface area contributed by atoms with E-state index < -0.39 is 5.82 Å². The minimum Gasteiger partial charge on any atom is -0.507 e. The molecule has 7 heteroatoms. The van der Waals surface area contributed by atoms with Gasteiger partial charge < -0.3 is 14.8 Å². The third kappa shape index (κ3) is 6.53. The highest BCUT2D eigenvalue weighted by Gasteiger charge is 2.24. The number of carbonyl (C=O) groups excluding carboxylic acids is 1. The molecule has 2 rings (SSSR count). The molecule has 0 fully saturated rings. The lowest BCUT2D eigenvalue weighted by Gasteiger charge is -2.18. The smallest absolute Gasteiger partial charge is 0.136 e. The molecule has 0 amide bonds. The average molecular weight is 359 g/mol. The van der Waals surface area contributed by atoms with E-state index in [0.29, 0.717) is 5.04 Å². The first-order valence-electron chi connectivity index (χ1n) is 7.29. The molecule has 1 heterocycles. The molecule has 4 nitrogen and oxygen atoms in total. The van der Waals surface area contributed by atoms with Crippen LogP contribution in [-0.4, -0.2) is 65.3 Å². The summed E-state index contributed by atoms with van der Waals surface area (Å²) in [4.78, 5) is 15.6. The second-order valence-electron chi connectivity index (χ2n) is 5.02. The molecule has 0 aliphatic carbocycles. The summed E-state index contributed by atoms with van der Waals surface area (Å²) in [5, 5.41) is 10.4. The highest BCUT2D eigenvalue weighted by Crippen LogP contribution is 2.30. The zero-order valence-corrected chi connectivity index (χ0v) is 15.3. The number of benzene rings is 1. The Morgan fingerprint density at radius 3 is 2.87 bits per heavy atom. The minimum absolute atomic E-state index is 0.0346. The lowest BCUT2D eigenvalue weighted by atomic mass is 10.2. The normalized spacial score (nSPS) is 16.7. The Morgan fingerprint density at radius 1 is 1.57 bits per heavy atom. The molecule has 1 aromatic carbocycles. The van der Waals surface area contributed by atoms with Gasteiger partial charge in [-0.05, 0) is 32.4 Å². The van der Waals surface area contributed by atoms with E-state index in [-0.39, 0.29) is 17.4 Å². The molecular weight excluding hydrogens is 335 g/mol. The lowest BCUT2D eigenvalue weighted by Crippen LogP contribution is -2.30. The number of phenols is 1. The highest BCUT2D eigenvalue weighted by molar-refractivity contribution is 8.14. The first-order valence-corrected chi connectivity index (χ1v) is 9.67. The summed E-state index contributed by atoms with van der Waals surface area (Å²) in [6.07, 6.45) is 2.84. The van der Waals surface area contributed by atoms with Crippen LogP contribution in [0.15, 0.2) is 23.2 Å². The van der Waals surface area contributed by atoms with Crippen molar-refractivity contribution in [2.45, 2.75) is 13.0 Å². The maximum absolute atomic E-state index is 13.8. The van der Waals surface area contributed by atoms with Crippen LogP contribution >= 0.6 is 23.5 Å². The van der Waals surface area contributed by atoms with Crippen molar-refractivity contribution in [3.63, 3.8) is 0 Å². The second-order valence-corrected chi connectivity index (χ2v) is 7.02. The van der Waals surface area contributed by atoms with E-state index in [1.807, 2.05) is 11.8 Å². The molecule has 1 aromatic rings. The van der Waals surface area contributed by atoms with Crippen LogP contribution < -0.4 is 0 Å². The molecular formula is C16H23FN2O2S2. The summed E-state index contributed by atoms with van der Waals surface area (Å²) in [7, 11) is 2.08. The minimum atomic E-state index is -0.410. The Hall–Kier alpha value is -1.05. The summed E-state index contributed by atoms with van der Waals surface area (Å²) in [5.74, 6) is 1.49. The third-order valence-electron chi connectivity index (χ3n) is 3.12. The standard InChI is InChI=1S/C14H19FN2OS2.C2H4O/c1-17(6-7-19-2)8-10-9-20-14(16-10)13-11(15)4-3-5-12(13)18;1-2-3/h3-5,10,18H,6-9H2,1-2H3;2H,1H3/t10-;/m1./s1. The molecule has 1 atom stereocenters. The van der Waals surface area contributed by atoms with Gasteiger partial charge in [-0.2, -0.15) is 11.8 Å². The number of likely N-dealkylation sites (N-methyl/N-ethyl adjacent to an activating group) is 1. The van der Waals surface area contributed by atoms with Crippen molar-refractivity contribution in [3.05, 3.63) is 29.6 Å². The van der Waals surface area contributed by atoms with Gasteiger partial charge in [-0.3, -0.25) is 4.99 Å². The molecule has 0 saturated carbocycles. The van der Waals surface area contributed by atoms with Gasteiger partial charge >= 0.3 is 0 Å². The van der Waals surface area contributed by atoms with E-state index in [2.05, 4.69) is 23.2 Å². The van der Waals surface area contributed by atoms with Gasteiger partial charge in [0.1, 0.15) is 22.9 Å². The van der Waals surface area contributed by atoms with Crippen LogP contribution in [0.1, 0.15) is 12.5 Å². The Labute approximate surface area is 145 Å². The monoisotopic (exact) mass is 358 g/mol. The van der Waals surface area contributed by atoms with E-state index in [9.17, 15) is 9.50 Å². The van der Waals surface area contributed by atoms with Crippen molar-refractivity contribution in [2.24, 2.45) is 4.99 Å². The molecule has 128 valence electrons. The van der Waals surface area contributed by atoms with Crippen molar-refractivity contribution in [1.29, 1.82) is 0 Å². The zero-order chi connectivity index (χ0) is 17.2. The fourth-order valence-corrected chi connectivity index (χ4v) is 3.66. The molecule has 0 bridgehead atoms. The number of halogens is 1. The molecule has 0 saturated heterocycles. The molecule has 0 radical (unpaired) electrons. The first kappa shape index (κ1) is 20.0. The third-order valence-corrected chi connectivity index (χ3v) is 4.84. The average Bonchev–Trinajstić information content (AvgIpc) is 2.94. The van der Waals surface area contributed by atoms with Crippen molar-refractivity contribution in [3.8, 4) is 5.75 Å². The Balaban J connectivity index is 0.000000816. The summed E-state index contributed by atoms with van der Waals surface area (Å²) in [6, 6.07) is 4.53. The van der Waals surface area contributed by atoms with Crippen molar-refractivity contribution >= 4 is 34.9 Å². The van der Waals surface area contributed by atoms with E-state index >= 15 is 0 Å². The number of aromatic hydroxyl groups is 1. The predicted octanol–water partition coefficient (Wildman–Crippen LogP) is 2.89. The Morgan fingerprint density at radius 2 is 2.26 bits per heavy atom. The maximum atomic E-state index is 13.8. The topological polar surface area (TPSA) is 52.9 Å². The maximum Gasteiger partial charge on any atom is 0.136 e. The van der Waals surface area contributed by atoms with Crippen LogP contribution in [0.4, 0.5) is 4.39 Å². The molecule has 1 N–H and O–H groups in total. The molecule has 0 aromatic heterocycles. The summed E-state index contributed by atoms with van der Waals surface area (Å²) in [5.41, 5.74) is 0.242. The number of aldehydes is 1. The van der Waals surface area contributed by atoms with E-state index in [4.69, 9.17) is 4.79 Å². The van der Waals surface area contributed by atoms with Gasteiger partial charge in [-0.1, -0.05) is 6.07 Å². The van der Waals surface area contributed by atoms with Crippen molar-refractivity contribution < 1.29 is 14.3 Å². The lowest BCUT2D eigenvalue weighted by molar-refractivity contribution is -0.106. The van der Waals surface area contributed by atoms with Gasteiger partial charge in [0.2, 0.25) is 0 Å². The number of rotatable bonds is 6. The largest absolute Gasteiger partial charge is 0.507 e. The van der Waals surface area contributed by atoms with E-state index in [1.165, 1.54) is 36.9 Å². The number of phenolic OH excluding ortho intramolecular Hbond substituents is 1. The number of nitrogens with zero attached hydrogens (tertiary/aromatic N) is 2. The molecule has 1 aliphatic rings. The zero-order valence-electron chi connectivity index (χ0n) is 13.7. The Kier molecular flexibility index (Phi) is 9.28. The Bertz CT molecular complexity index is 521. The molecule has 0 spiro atoms. The van der Waals surface area contributed by atoms with Crippen LogP contribution in [0.25, 0.3) is 0 Å². The van der Waals surface area contributed by atoms with Crippen LogP contribution in [0.3, 0.4) is 0 Å². The molecule has 23 heavy (non-hydrogen) atoms. The van der Waals surface area contributed by atoms with Crippen LogP contribution in [0.2, 0.25) is 0 Å². The van der Waals surface area contributed by atoms with Gasteiger partial charge in [0.25, 0.3) is 0 Å². The van der Waals surface area contributed by atoms with E-state index in [0.717, 1.165) is 30.9 Å². The number of thioether (sulfide) groups is 2. The van der Waals surface area contributed by atoms with Gasteiger partial charge in [0.15, 0.2) is 0 Å². The fourth-order valence-electron chi connectivity index (χ4n) is 2.07. The highest BCUT2D eigenvalue weighted by atomic mass is 32.2. The van der Waals surface area contributed by atoms with E-state index in [1.54, 1.807) is 0 Å². The summed E-state index contributed by atoms with van der Waals surface area (Å²) in [6.45, 7) is 3.34. The molecule has 0 unspecified atom stereocenters.